The Bertz CT molecular complexity index is 1290. The second-order valence-electron chi connectivity index (χ2n) is 8.58. The van der Waals surface area contributed by atoms with Gasteiger partial charge in [0.2, 0.25) is 5.95 Å². The monoisotopic (exact) mass is 491 g/mol. The van der Waals surface area contributed by atoms with Gasteiger partial charge in [0.05, 0.1) is 18.5 Å². The number of aromatic nitrogens is 4. The predicted octanol–water partition coefficient (Wildman–Crippen LogP) is 4.59. The van der Waals surface area contributed by atoms with Crippen molar-refractivity contribution < 1.29 is 14.3 Å². The van der Waals surface area contributed by atoms with Gasteiger partial charge in [0, 0.05) is 55.3 Å². The Morgan fingerprint density at radius 2 is 1.91 bits per heavy atom. The summed E-state index contributed by atoms with van der Waals surface area (Å²) in [5.41, 5.74) is 3.13. The molecule has 1 fully saturated rings. The predicted molar refractivity (Wildman–Crippen MR) is 137 cm³/mol. The Morgan fingerprint density at radius 1 is 1.11 bits per heavy atom. The third-order valence-electron chi connectivity index (χ3n) is 6.22. The van der Waals surface area contributed by atoms with E-state index >= 15 is 0 Å². The van der Waals surface area contributed by atoms with Crippen molar-refractivity contribution in [2.45, 2.75) is 45.6 Å². The number of fused-ring (bicyclic) bond motifs is 1. The number of ether oxygens (including phenoxy) is 2. The van der Waals surface area contributed by atoms with Gasteiger partial charge in [-0.05, 0) is 42.7 Å². The van der Waals surface area contributed by atoms with E-state index in [1.165, 1.54) is 11.3 Å². The topological polar surface area (TPSA) is 82.4 Å². The van der Waals surface area contributed by atoms with E-state index in [4.69, 9.17) is 14.5 Å². The number of anilines is 1. The summed E-state index contributed by atoms with van der Waals surface area (Å²) in [6.07, 6.45) is 8.99. The molecule has 1 aromatic carbocycles. The van der Waals surface area contributed by atoms with Gasteiger partial charge in [-0.1, -0.05) is 24.3 Å². The fourth-order valence-electron chi connectivity index (χ4n) is 4.30. The van der Waals surface area contributed by atoms with Crippen LogP contribution in [-0.2, 0) is 22.4 Å². The standard InChI is InChI=1S/C26H29N5O3S/c1-3-18-15-27-25(28-16-18)30-10-8-21(9-11-30)34-26-29-23(17-35-26)31-12-7-20-13-19(5-6-22(20)31)14-24(32)33-4-2/h5-7,12-13,15-17,21H,3-4,8-11,14H2,1-2H3. The van der Waals surface area contributed by atoms with Crippen molar-refractivity contribution in [2.24, 2.45) is 0 Å². The summed E-state index contributed by atoms with van der Waals surface area (Å²) in [5, 5.41) is 3.76. The van der Waals surface area contributed by atoms with Crippen molar-refractivity contribution in [2.75, 3.05) is 24.6 Å². The van der Waals surface area contributed by atoms with E-state index in [0.29, 0.717) is 11.8 Å². The number of hydrogen-bond donors (Lipinski definition) is 0. The van der Waals surface area contributed by atoms with Crippen LogP contribution in [0, 0.1) is 0 Å². The van der Waals surface area contributed by atoms with Crippen LogP contribution in [0.15, 0.2) is 48.2 Å². The van der Waals surface area contributed by atoms with E-state index in [2.05, 4.69) is 21.8 Å². The average molecular weight is 492 g/mol. The minimum atomic E-state index is -0.208. The highest BCUT2D eigenvalue weighted by Crippen LogP contribution is 2.28. The molecule has 0 saturated carbocycles. The van der Waals surface area contributed by atoms with Gasteiger partial charge in [0.1, 0.15) is 6.10 Å². The summed E-state index contributed by atoms with van der Waals surface area (Å²) in [6, 6.07) is 8.05. The Morgan fingerprint density at radius 3 is 2.66 bits per heavy atom. The third kappa shape index (κ3) is 5.30. The third-order valence-corrected chi connectivity index (χ3v) is 6.94. The SMILES string of the molecule is CCOC(=O)Cc1ccc2c(ccn2-c2csc(OC3CCN(c4ncc(CC)cn4)CC3)n2)c1. The van der Waals surface area contributed by atoms with E-state index in [0.717, 1.165) is 66.1 Å². The van der Waals surface area contributed by atoms with Gasteiger partial charge in [-0.25, -0.2) is 9.97 Å². The van der Waals surface area contributed by atoms with Gasteiger partial charge in [-0.2, -0.15) is 4.98 Å². The van der Waals surface area contributed by atoms with Gasteiger partial charge in [0.15, 0.2) is 5.82 Å². The number of esters is 1. The first-order valence-corrected chi connectivity index (χ1v) is 12.9. The number of aryl methyl sites for hydroxylation is 1. The summed E-state index contributed by atoms with van der Waals surface area (Å²) in [5.74, 6) is 1.42. The number of hydrogen-bond acceptors (Lipinski definition) is 8. The zero-order valence-electron chi connectivity index (χ0n) is 20.0. The van der Waals surface area contributed by atoms with Gasteiger partial charge in [-0.15, -0.1) is 0 Å². The average Bonchev–Trinajstić information content (AvgIpc) is 3.51. The van der Waals surface area contributed by atoms with Gasteiger partial charge >= 0.3 is 5.97 Å². The van der Waals surface area contributed by atoms with Crippen molar-refractivity contribution in [1.29, 1.82) is 0 Å². The van der Waals surface area contributed by atoms with Gasteiger partial charge in [0.25, 0.3) is 5.19 Å². The van der Waals surface area contributed by atoms with Crippen LogP contribution in [0.5, 0.6) is 5.19 Å². The van der Waals surface area contributed by atoms with Crippen LogP contribution in [0.1, 0.15) is 37.8 Å². The molecule has 8 nitrogen and oxygen atoms in total. The fourth-order valence-corrected chi connectivity index (χ4v) is 5.01. The molecule has 0 bridgehead atoms. The lowest BCUT2D eigenvalue weighted by atomic mass is 10.1. The van der Waals surface area contributed by atoms with Crippen LogP contribution in [0.25, 0.3) is 16.7 Å². The smallest absolute Gasteiger partial charge is 0.310 e. The van der Waals surface area contributed by atoms with Crippen LogP contribution >= 0.6 is 11.3 Å². The van der Waals surface area contributed by atoms with Gasteiger partial charge in [-0.3, -0.25) is 4.79 Å². The van der Waals surface area contributed by atoms with Crippen molar-refractivity contribution in [3.05, 3.63) is 59.4 Å². The van der Waals surface area contributed by atoms with E-state index in [-0.39, 0.29) is 18.5 Å². The first-order chi connectivity index (χ1) is 17.1. The van der Waals surface area contributed by atoms with Crippen LogP contribution in [0.3, 0.4) is 0 Å². The van der Waals surface area contributed by atoms with Gasteiger partial charge < -0.3 is 18.9 Å². The molecule has 9 heteroatoms. The molecular weight excluding hydrogens is 462 g/mol. The normalized spacial score (nSPS) is 14.4. The van der Waals surface area contributed by atoms with E-state index in [9.17, 15) is 4.79 Å². The molecule has 1 aliphatic heterocycles. The number of rotatable bonds is 8. The molecule has 0 unspecified atom stereocenters. The van der Waals surface area contributed by atoms with Crippen molar-refractivity contribution >= 4 is 34.2 Å². The molecule has 0 aliphatic carbocycles. The molecule has 0 atom stereocenters. The molecule has 5 rings (SSSR count). The second kappa shape index (κ2) is 10.4. The van der Waals surface area contributed by atoms with Crippen LogP contribution in [-0.4, -0.2) is 51.3 Å². The number of carbonyl (C=O) groups excluding carboxylic acids is 1. The Kier molecular flexibility index (Phi) is 6.94. The molecule has 1 saturated heterocycles. The lowest BCUT2D eigenvalue weighted by Gasteiger charge is -2.31. The zero-order valence-corrected chi connectivity index (χ0v) is 20.8. The Hall–Kier alpha value is -3.46. The van der Waals surface area contributed by atoms with Crippen LogP contribution in [0.2, 0.25) is 0 Å². The maximum atomic E-state index is 11.8. The first-order valence-electron chi connectivity index (χ1n) is 12.1. The number of carbonyl (C=O) groups is 1. The summed E-state index contributed by atoms with van der Waals surface area (Å²) in [7, 11) is 0. The summed E-state index contributed by atoms with van der Waals surface area (Å²) in [6.45, 7) is 6.05. The lowest BCUT2D eigenvalue weighted by Crippen LogP contribution is -2.39. The molecule has 4 heterocycles. The molecule has 0 amide bonds. The van der Waals surface area contributed by atoms with E-state index in [1.807, 2.05) is 59.7 Å². The summed E-state index contributed by atoms with van der Waals surface area (Å²) >= 11 is 1.51. The molecule has 3 aromatic heterocycles. The van der Waals surface area contributed by atoms with E-state index < -0.39 is 0 Å². The minimum Gasteiger partial charge on any atom is -0.467 e. The van der Waals surface area contributed by atoms with Crippen molar-refractivity contribution in [3.63, 3.8) is 0 Å². The zero-order chi connectivity index (χ0) is 24.2. The number of piperidine rings is 1. The highest BCUT2D eigenvalue weighted by atomic mass is 32.1. The van der Waals surface area contributed by atoms with Crippen LogP contribution < -0.4 is 9.64 Å². The largest absolute Gasteiger partial charge is 0.467 e. The minimum absolute atomic E-state index is 0.131. The Labute approximate surface area is 208 Å². The molecule has 4 aromatic rings. The number of nitrogens with zero attached hydrogens (tertiary/aromatic N) is 5. The summed E-state index contributed by atoms with van der Waals surface area (Å²) in [4.78, 5) is 27.8. The van der Waals surface area contributed by atoms with Crippen molar-refractivity contribution in [3.8, 4) is 11.0 Å². The number of benzene rings is 1. The first kappa shape index (κ1) is 23.3. The molecule has 0 radical (unpaired) electrons. The molecular formula is C26H29N5O3S. The summed E-state index contributed by atoms with van der Waals surface area (Å²) < 4.78 is 13.3. The fraction of sp³-hybridized carbons (Fsp3) is 0.385. The molecule has 35 heavy (non-hydrogen) atoms. The maximum absolute atomic E-state index is 11.8. The van der Waals surface area contributed by atoms with E-state index in [1.54, 1.807) is 0 Å². The molecule has 182 valence electrons. The second-order valence-corrected chi connectivity index (χ2v) is 9.40. The number of thiazole rings is 1. The molecule has 0 spiro atoms. The maximum Gasteiger partial charge on any atom is 0.310 e. The quantitative estimate of drug-likeness (QED) is 0.333. The van der Waals surface area contributed by atoms with Crippen LogP contribution in [0.4, 0.5) is 5.95 Å². The molecule has 1 aliphatic rings. The van der Waals surface area contributed by atoms with Crippen molar-refractivity contribution in [1.82, 2.24) is 19.5 Å². The molecule has 0 N–H and O–H groups in total. The highest BCUT2D eigenvalue weighted by Gasteiger charge is 2.23. The Balaban J connectivity index is 1.20. The highest BCUT2D eigenvalue weighted by molar-refractivity contribution is 7.11. The lowest BCUT2D eigenvalue weighted by molar-refractivity contribution is -0.142.